The number of hydrogen-bond donors (Lipinski definition) is 1. The maximum absolute atomic E-state index is 12.2. The van der Waals surface area contributed by atoms with Gasteiger partial charge in [-0.25, -0.2) is 4.79 Å². The topological polar surface area (TPSA) is 88.4 Å². The number of hydrogen-bond acceptors (Lipinski definition) is 5. The molecule has 2 atom stereocenters. The predicted molar refractivity (Wildman–Crippen MR) is 89.0 cm³/mol. The summed E-state index contributed by atoms with van der Waals surface area (Å²) >= 11 is 0. The largest absolute Gasteiger partial charge is 0.449 e. The molecule has 0 unspecified atom stereocenters. The lowest BCUT2D eigenvalue weighted by molar-refractivity contribution is -0.130. The monoisotopic (exact) mass is 332 g/mol. The predicted octanol–water partition coefficient (Wildman–Crippen LogP) is 2.43. The van der Waals surface area contributed by atoms with E-state index >= 15 is 0 Å². The maximum atomic E-state index is 12.2. The van der Waals surface area contributed by atoms with Gasteiger partial charge < -0.3 is 14.8 Å². The van der Waals surface area contributed by atoms with E-state index < -0.39 is 23.5 Å². The van der Waals surface area contributed by atoms with E-state index in [2.05, 4.69) is 11.4 Å². The van der Waals surface area contributed by atoms with Crippen LogP contribution in [-0.4, -0.2) is 30.6 Å². The van der Waals surface area contributed by atoms with Gasteiger partial charge in [0.25, 0.3) is 5.91 Å². The number of carbonyl (C=O) groups is 2. The minimum absolute atomic E-state index is 0.0809. The molecule has 0 saturated heterocycles. The van der Waals surface area contributed by atoms with Crippen molar-refractivity contribution in [3.05, 3.63) is 35.4 Å². The van der Waals surface area contributed by atoms with Crippen LogP contribution in [0.2, 0.25) is 0 Å². The molecule has 24 heavy (non-hydrogen) atoms. The Labute approximate surface area is 142 Å². The fourth-order valence-corrected chi connectivity index (χ4v) is 1.84. The molecule has 6 heteroatoms. The number of rotatable bonds is 7. The molecule has 0 aliphatic heterocycles. The molecule has 1 aromatic carbocycles. The molecule has 130 valence electrons. The van der Waals surface area contributed by atoms with Crippen molar-refractivity contribution >= 4 is 11.9 Å². The molecule has 1 amide bonds. The van der Waals surface area contributed by atoms with Crippen LogP contribution in [0.15, 0.2) is 24.3 Å². The number of nitrogens with zero attached hydrogens (tertiary/aromatic N) is 1. The summed E-state index contributed by atoms with van der Waals surface area (Å²) in [6.45, 7) is 7.24. The first kappa shape index (κ1) is 19.7. The fourth-order valence-electron chi connectivity index (χ4n) is 1.84. The highest BCUT2D eigenvalue weighted by Gasteiger charge is 2.32. The van der Waals surface area contributed by atoms with Gasteiger partial charge in [0.05, 0.1) is 18.2 Å². The molecule has 0 fully saturated rings. The third-order valence-corrected chi connectivity index (χ3v) is 3.92. The highest BCUT2D eigenvalue weighted by molar-refractivity contribution is 5.92. The van der Waals surface area contributed by atoms with Gasteiger partial charge in [-0.2, -0.15) is 5.26 Å². The number of nitrogens with one attached hydrogen (secondary N) is 1. The van der Waals surface area contributed by atoms with E-state index in [4.69, 9.17) is 9.47 Å². The lowest BCUT2D eigenvalue weighted by atomic mass is 9.90. The van der Waals surface area contributed by atoms with Crippen molar-refractivity contribution in [2.75, 3.05) is 7.11 Å². The van der Waals surface area contributed by atoms with Crippen LogP contribution in [0.1, 0.15) is 43.6 Å². The Morgan fingerprint density at radius 2 is 1.83 bits per heavy atom. The Bertz CT molecular complexity index is 619. The molecule has 1 N–H and O–H groups in total. The maximum Gasteiger partial charge on any atom is 0.338 e. The van der Waals surface area contributed by atoms with Crippen molar-refractivity contribution in [1.82, 2.24) is 5.32 Å². The van der Waals surface area contributed by atoms with Gasteiger partial charge in [0.15, 0.2) is 6.10 Å². The standard InChI is InChI=1S/C18H24N2O4/c1-12(2)18(4,11-19)20-16(21)13(3)24-17(22)15-8-6-14(7-9-15)10-23-5/h6-9,12-13H,10H2,1-5H3,(H,20,21)/t13-,18+/m1/s1. The van der Waals surface area contributed by atoms with E-state index in [1.165, 1.54) is 6.92 Å². The second-order valence-electron chi connectivity index (χ2n) is 6.14. The zero-order valence-electron chi connectivity index (χ0n) is 14.8. The van der Waals surface area contributed by atoms with Gasteiger partial charge in [-0.3, -0.25) is 4.79 Å². The van der Waals surface area contributed by atoms with Gasteiger partial charge in [0, 0.05) is 7.11 Å². The number of ether oxygens (including phenoxy) is 2. The first-order chi connectivity index (χ1) is 11.2. The molecule has 0 aromatic heterocycles. The number of amides is 1. The molecular weight excluding hydrogens is 308 g/mol. The zero-order chi connectivity index (χ0) is 18.3. The van der Waals surface area contributed by atoms with Gasteiger partial charge in [-0.1, -0.05) is 26.0 Å². The van der Waals surface area contributed by atoms with Crippen LogP contribution in [0.3, 0.4) is 0 Å². The number of methoxy groups -OCH3 is 1. The van der Waals surface area contributed by atoms with Crippen LogP contribution in [0.5, 0.6) is 0 Å². The molecule has 0 heterocycles. The number of carbonyl (C=O) groups excluding carboxylic acids is 2. The highest BCUT2D eigenvalue weighted by atomic mass is 16.5. The van der Waals surface area contributed by atoms with E-state index in [1.54, 1.807) is 38.3 Å². The lowest BCUT2D eigenvalue weighted by Gasteiger charge is -2.28. The average molecular weight is 332 g/mol. The van der Waals surface area contributed by atoms with Crippen molar-refractivity contribution in [3.8, 4) is 6.07 Å². The molecule has 6 nitrogen and oxygen atoms in total. The summed E-state index contributed by atoms with van der Waals surface area (Å²) in [5, 5.41) is 11.9. The van der Waals surface area contributed by atoms with Crippen molar-refractivity contribution in [3.63, 3.8) is 0 Å². The van der Waals surface area contributed by atoms with Crippen LogP contribution in [0.4, 0.5) is 0 Å². The third-order valence-electron chi connectivity index (χ3n) is 3.92. The summed E-state index contributed by atoms with van der Waals surface area (Å²) in [6, 6.07) is 8.84. The molecular formula is C18H24N2O4. The summed E-state index contributed by atoms with van der Waals surface area (Å²) in [6.07, 6.45) is -0.998. The van der Waals surface area contributed by atoms with E-state index in [-0.39, 0.29) is 5.92 Å². The van der Waals surface area contributed by atoms with Crippen LogP contribution >= 0.6 is 0 Å². The van der Waals surface area contributed by atoms with Crippen molar-refractivity contribution in [2.45, 2.75) is 45.9 Å². The smallest absolute Gasteiger partial charge is 0.338 e. The van der Waals surface area contributed by atoms with Gasteiger partial charge in [-0.05, 0) is 37.5 Å². The Hall–Kier alpha value is -2.39. The van der Waals surface area contributed by atoms with Crippen LogP contribution in [0.25, 0.3) is 0 Å². The molecule has 1 aromatic rings. The summed E-state index contributed by atoms with van der Waals surface area (Å²) in [7, 11) is 1.59. The zero-order valence-corrected chi connectivity index (χ0v) is 14.8. The minimum Gasteiger partial charge on any atom is -0.449 e. The van der Waals surface area contributed by atoms with Gasteiger partial charge >= 0.3 is 5.97 Å². The molecule has 0 aliphatic carbocycles. The number of nitriles is 1. The van der Waals surface area contributed by atoms with Crippen molar-refractivity contribution in [2.24, 2.45) is 5.92 Å². The average Bonchev–Trinajstić information content (AvgIpc) is 2.55. The molecule has 0 saturated carbocycles. The van der Waals surface area contributed by atoms with Gasteiger partial charge in [0.2, 0.25) is 0 Å². The minimum atomic E-state index is -1.01. The fraction of sp³-hybridized carbons (Fsp3) is 0.500. The summed E-state index contributed by atoms with van der Waals surface area (Å²) < 4.78 is 10.2. The normalized spacial score (nSPS) is 14.4. The van der Waals surface area contributed by atoms with Crippen molar-refractivity contribution in [1.29, 1.82) is 5.26 Å². The summed E-state index contributed by atoms with van der Waals surface area (Å²) in [4.78, 5) is 24.3. The summed E-state index contributed by atoms with van der Waals surface area (Å²) in [5.74, 6) is -1.18. The second-order valence-corrected chi connectivity index (χ2v) is 6.14. The molecule has 0 aliphatic rings. The lowest BCUT2D eigenvalue weighted by Crippen LogP contribution is -2.52. The van der Waals surface area contributed by atoms with Crippen LogP contribution in [-0.2, 0) is 20.9 Å². The molecule has 0 spiro atoms. The van der Waals surface area contributed by atoms with E-state index in [0.29, 0.717) is 12.2 Å². The second kappa shape index (κ2) is 8.46. The Morgan fingerprint density at radius 1 is 1.25 bits per heavy atom. The number of benzene rings is 1. The Kier molecular flexibility index (Phi) is 6.93. The summed E-state index contributed by atoms with van der Waals surface area (Å²) in [5.41, 5.74) is 0.266. The quantitative estimate of drug-likeness (QED) is 0.775. The Morgan fingerprint density at radius 3 is 2.29 bits per heavy atom. The third kappa shape index (κ3) is 5.07. The molecule has 0 radical (unpaired) electrons. The van der Waals surface area contributed by atoms with E-state index in [1.807, 2.05) is 13.8 Å². The van der Waals surface area contributed by atoms with Gasteiger partial charge in [0.1, 0.15) is 5.54 Å². The number of esters is 1. The highest BCUT2D eigenvalue weighted by Crippen LogP contribution is 2.16. The Balaban J connectivity index is 2.69. The molecule has 1 rings (SSSR count). The van der Waals surface area contributed by atoms with Gasteiger partial charge in [-0.15, -0.1) is 0 Å². The SMILES string of the molecule is COCc1ccc(C(=O)O[C@H](C)C(=O)N[C@@](C)(C#N)C(C)C)cc1. The molecule has 0 bridgehead atoms. The first-order valence-corrected chi connectivity index (χ1v) is 7.75. The van der Waals surface area contributed by atoms with Crippen molar-refractivity contribution < 1.29 is 19.1 Å². The van der Waals surface area contributed by atoms with Crippen LogP contribution < -0.4 is 5.32 Å². The van der Waals surface area contributed by atoms with Crippen LogP contribution in [0, 0.1) is 17.2 Å². The first-order valence-electron chi connectivity index (χ1n) is 7.75. The van der Waals surface area contributed by atoms with E-state index in [0.717, 1.165) is 5.56 Å². The van der Waals surface area contributed by atoms with E-state index in [9.17, 15) is 14.9 Å².